The summed E-state index contributed by atoms with van der Waals surface area (Å²) >= 11 is 0. The van der Waals surface area contributed by atoms with Crippen LogP contribution in [0.25, 0.3) is 33.1 Å². The summed E-state index contributed by atoms with van der Waals surface area (Å²) in [7, 11) is 11.4. The molecule has 0 spiro atoms. The minimum atomic E-state index is 0.306. The maximum Gasteiger partial charge on any atom is 0.143 e. The molecule has 0 saturated carbocycles. The number of nitrogens with zero attached hydrogens (tertiary/aromatic N) is 6. The standard InChI is InChI=1S/C12H4B2N6/c13-5-3-17-9-7-8(16-2-1-15-7)11-10(12(9)20-5)18-4-6(14)19-11/h1-4H. The van der Waals surface area contributed by atoms with Gasteiger partial charge in [-0.3, -0.25) is 29.9 Å². The summed E-state index contributed by atoms with van der Waals surface area (Å²) in [5, 5.41) is 0. The molecule has 20 heavy (non-hydrogen) atoms. The van der Waals surface area contributed by atoms with E-state index in [4.69, 9.17) is 15.7 Å². The number of hydrogen-bond acceptors (Lipinski definition) is 6. The Morgan fingerprint density at radius 2 is 0.950 bits per heavy atom. The smallest absolute Gasteiger partial charge is 0.143 e. The first-order valence-electron chi connectivity index (χ1n) is 5.81. The summed E-state index contributed by atoms with van der Waals surface area (Å²) < 4.78 is 0. The predicted octanol–water partition coefficient (Wildman–Crippen LogP) is -0.896. The topological polar surface area (TPSA) is 77.3 Å². The summed E-state index contributed by atoms with van der Waals surface area (Å²) in [6.07, 6.45) is 6.12. The molecule has 6 nitrogen and oxygen atoms in total. The lowest BCUT2D eigenvalue weighted by molar-refractivity contribution is 1.26. The zero-order valence-corrected chi connectivity index (χ0v) is 10.1. The molecule has 8 heteroatoms. The van der Waals surface area contributed by atoms with Crippen molar-refractivity contribution in [2.75, 3.05) is 0 Å². The first-order valence-corrected chi connectivity index (χ1v) is 5.81. The van der Waals surface area contributed by atoms with Crippen LogP contribution >= 0.6 is 0 Å². The molecule has 4 aromatic rings. The molecule has 0 bridgehead atoms. The van der Waals surface area contributed by atoms with E-state index in [0.29, 0.717) is 44.3 Å². The van der Waals surface area contributed by atoms with Gasteiger partial charge in [-0.25, -0.2) is 0 Å². The Labute approximate surface area is 115 Å². The summed E-state index contributed by atoms with van der Waals surface area (Å²) in [6, 6.07) is 0. The molecule has 0 amide bonds. The maximum absolute atomic E-state index is 5.71. The average Bonchev–Trinajstić information content (AvgIpc) is 2.47. The van der Waals surface area contributed by atoms with Crippen LogP contribution in [0.5, 0.6) is 0 Å². The fourth-order valence-corrected chi connectivity index (χ4v) is 2.17. The highest BCUT2D eigenvalue weighted by atomic mass is 14.9. The van der Waals surface area contributed by atoms with Crippen molar-refractivity contribution in [3.63, 3.8) is 0 Å². The summed E-state index contributed by atoms with van der Waals surface area (Å²) in [5.74, 6) is 0. The third-order valence-corrected chi connectivity index (χ3v) is 2.95. The van der Waals surface area contributed by atoms with Crippen LogP contribution in [0, 0.1) is 0 Å². The van der Waals surface area contributed by atoms with E-state index in [0.717, 1.165) is 0 Å². The second-order valence-corrected chi connectivity index (χ2v) is 4.24. The van der Waals surface area contributed by atoms with Gasteiger partial charge in [0.15, 0.2) is 0 Å². The Kier molecular flexibility index (Phi) is 2.20. The van der Waals surface area contributed by atoms with Gasteiger partial charge in [-0.15, -0.1) is 0 Å². The molecule has 1 aromatic carbocycles. The molecule has 0 N–H and O–H groups in total. The number of rotatable bonds is 0. The Morgan fingerprint density at radius 3 is 1.50 bits per heavy atom. The van der Waals surface area contributed by atoms with Crippen LogP contribution < -0.4 is 11.2 Å². The van der Waals surface area contributed by atoms with Crippen molar-refractivity contribution in [2.24, 2.45) is 0 Å². The fourth-order valence-electron chi connectivity index (χ4n) is 2.17. The number of benzene rings is 1. The van der Waals surface area contributed by atoms with E-state index in [1.165, 1.54) is 12.4 Å². The SMILES string of the molecule is [B]c1cnc2c3nccnc3c3nc([B])cnc3c2n1. The third kappa shape index (κ3) is 1.48. The van der Waals surface area contributed by atoms with E-state index < -0.39 is 0 Å². The van der Waals surface area contributed by atoms with E-state index in [1.807, 2.05) is 0 Å². The van der Waals surface area contributed by atoms with Crippen molar-refractivity contribution in [3.8, 4) is 0 Å². The molecule has 4 rings (SSSR count). The largest absolute Gasteiger partial charge is 0.259 e. The Morgan fingerprint density at radius 1 is 0.550 bits per heavy atom. The lowest BCUT2D eigenvalue weighted by Crippen LogP contribution is -2.13. The molecule has 0 aliphatic rings. The van der Waals surface area contributed by atoms with Gasteiger partial charge in [-0.05, 0) is 0 Å². The van der Waals surface area contributed by atoms with E-state index in [9.17, 15) is 0 Å². The second-order valence-electron chi connectivity index (χ2n) is 4.24. The molecule has 0 aliphatic heterocycles. The Hall–Kier alpha value is -2.63. The Balaban J connectivity index is 2.40. The number of aromatic nitrogens is 6. The van der Waals surface area contributed by atoms with Crippen molar-refractivity contribution in [1.29, 1.82) is 0 Å². The molecule has 0 unspecified atom stereocenters. The normalized spacial score (nSPS) is 11.4. The summed E-state index contributed by atoms with van der Waals surface area (Å²) in [6.45, 7) is 0. The van der Waals surface area contributed by atoms with Gasteiger partial charge in [-0.2, -0.15) is 0 Å². The summed E-state index contributed by atoms with van der Waals surface area (Å²) in [5.41, 5.74) is 4.04. The highest BCUT2D eigenvalue weighted by Gasteiger charge is 2.14. The van der Waals surface area contributed by atoms with Crippen LogP contribution in [0.15, 0.2) is 24.8 Å². The first kappa shape index (κ1) is 11.2. The summed E-state index contributed by atoms with van der Waals surface area (Å²) in [4.78, 5) is 25.8. The lowest BCUT2D eigenvalue weighted by Gasteiger charge is -2.07. The maximum atomic E-state index is 5.71. The van der Waals surface area contributed by atoms with Gasteiger partial charge in [0.2, 0.25) is 0 Å². The lowest BCUT2D eigenvalue weighted by atomic mass is 10.0. The van der Waals surface area contributed by atoms with Gasteiger partial charge in [0.1, 0.15) is 48.8 Å². The molecule has 3 heterocycles. The highest BCUT2D eigenvalue weighted by molar-refractivity contribution is 6.32. The quantitative estimate of drug-likeness (QED) is 0.299. The number of fused-ring (bicyclic) bond motifs is 6. The second kappa shape index (κ2) is 3.93. The minimum Gasteiger partial charge on any atom is -0.259 e. The predicted molar refractivity (Wildman–Crippen MR) is 76.5 cm³/mol. The molecule has 0 fully saturated rings. The highest BCUT2D eigenvalue weighted by Crippen LogP contribution is 2.26. The van der Waals surface area contributed by atoms with Crippen LogP contribution in [-0.4, -0.2) is 45.6 Å². The van der Waals surface area contributed by atoms with Gasteiger partial charge >= 0.3 is 0 Å². The molecule has 0 aliphatic carbocycles. The molecule has 4 radical (unpaired) electrons. The van der Waals surface area contributed by atoms with Gasteiger partial charge in [0.25, 0.3) is 0 Å². The van der Waals surface area contributed by atoms with E-state index in [-0.39, 0.29) is 0 Å². The fraction of sp³-hybridized carbons (Fsp3) is 0. The molecule has 88 valence electrons. The molecular formula is C12H4B2N6. The van der Waals surface area contributed by atoms with Crippen LogP contribution in [-0.2, 0) is 0 Å². The Bertz CT molecular complexity index is 949. The van der Waals surface area contributed by atoms with Crippen LogP contribution in [0.3, 0.4) is 0 Å². The zero-order chi connectivity index (χ0) is 13.7. The van der Waals surface area contributed by atoms with Crippen LogP contribution in [0.1, 0.15) is 0 Å². The zero-order valence-electron chi connectivity index (χ0n) is 10.1. The molecule has 0 atom stereocenters. The van der Waals surface area contributed by atoms with Crippen LogP contribution in [0.4, 0.5) is 0 Å². The van der Waals surface area contributed by atoms with Crippen LogP contribution in [0.2, 0.25) is 0 Å². The van der Waals surface area contributed by atoms with Crippen molar-refractivity contribution >= 4 is 60.0 Å². The van der Waals surface area contributed by atoms with E-state index in [2.05, 4.69) is 29.9 Å². The molecule has 3 aromatic heterocycles. The van der Waals surface area contributed by atoms with Gasteiger partial charge in [-0.1, -0.05) is 0 Å². The van der Waals surface area contributed by atoms with Gasteiger partial charge in [0.05, 0.1) is 0 Å². The molecular weight excluding hydrogens is 250 g/mol. The molecule has 0 saturated heterocycles. The number of hydrogen-bond donors (Lipinski definition) is 0. The van der Waals surface area contributed by atoms with Crippen molar-refractivity contribution < 1.29 is 0 Å². The van der Waals surface area contributed by atoms with Gasteiger partial charge in [0, 0.05) is 36.0 Å². The third-order valence-electron chi connectivity index (χ3n) is 2.95. The monoisotopic (exact) mass is 254 g/mol. The van der Waals surface area contributed by atoms with Crippen molar-refractivity contribution in [2.45, 2.75) is 0 Å². The van der Waals surface area contributed by atoms with Gasteiger partial charge < -0.3 is 0 Å². The van der Waals surface area contributed by atoms with E-state index >= 15 is 0 Å². The minimum absolute atomic E-state index is 0.306. The average molecular weight is 254 g/mol. The van der Waals surface area contributed by atoms with Crippen molar-refractivity contribution in [3.05, 3.63) is 24.8 Å². The first-order chi connectivity index (χ1) is 9.74. The van der Waals surface area contributed by atoms with E-state index in [1.54, 1.807) is 12.4 Å². The van der Waals surface area contributed by atoms with Crippen molar-refractivity contribution in [1.82, 2.24) is 29.9 Å².